The Balaban J connectivity index is 3.15. The lowest BCUT2D eigenvalue weighted by molar-refractivity contribution is -0.142. The molecule has 2 N–H and O–H groups in total. The highest BCUT2D eigenvalue weighted by atomic mass is 19.3. The molecule has 0 bridgehead atoms. The summed E-state index contributed by atoms with van der Waals surface area (Å²) in [6, 6.07) is 0. The molecule has 0 atom stereocenters. The summed E-state index contributed by atoms with van der Waals surface area (Å²) in [5, 5.41) is 0. The minimum absolute atomic E-state index is 0.193. The van der Waals surface area contributed by atoms with Gasteiger partial charge < -0.3 is 10.5 Å². The molecular formula is C12H16F2N2O2. The fourth-order valence-electron chi connectivity index (χ4n) is 1.68. The summed E-state index contributed by atoms with van der Waals surface area (Å²) in [6.07, 6.45) is -1.61. The number of nitrogens with zero attached hydrogens (tertiary/aromatic N) is 1. The summed E-state index contributed by atoms with van der Waals surface area (Å²) in [5.74, 6) is -0.543. The fraction of sp³-hybridized carbons (Fsp3) is 0.500. The first kappa shape index (κ1) is 14.5. The van der Waals surface area contributed by atoms with E-state index in [2.05, 4.69) is 4.98 Å². The molecule has 0 aliphatic heterocycles. The van der Waals surface area contributed by atoms with Gasteiger partial charge in [0.2, 0.25) is 0 Å². The van der Waals surface area contributed by atoms with Gasteiger partial charge in [0.1, 0.15) is 5.69 Å². The summed E-state index contributed by atoms with van der Waals surface area (Å²) in [6.45, 7) is 3.72. The molecule has 6 heteroatoms. The van der Waals surface area contributed by atoms with E-state index in [9.17, 15) is 13.6 Å². The van der Waals surface area contributed by atoms with Crippen LogP contribution in [0.5, 0.6) is 0 Å². The Hall–Kier alpha value is -1.56. The first-order valence-corrected chi connectivity index (χ1v) is 5.62. The Labute approximate surface area is 104 Å². The molecule has 4 nitrogen and oxygen atoms in total. The lowest BCUT2D eigenvalue weighted by Crippen LogP contribution is -2.14. The molecule has 0 spiro atoms. The molecular weight excluding hydrogens is 242 g/mol. The molecule has 0 unspecified atom stereocenters. The molecule has 1 aromatic heterocycles. The third-order valence-electron chi connectivity index (χ3n) is 2.66. The topological polar surface area (TPSA) is 65.2 Å². The van der Waals surface area contributed by atoms with Crippen LogP contribution < -0.4 is 5.73 Å². The van der Waals surface area contributed by atoms with E-state index in [-0.39, 0.29) is 30.8 Å². The van der Waals surface area contributed by atoms with Crippen LogP contribution in [0.2, 0.25) is 0 Å². The molecule has 0 aromatic carbocycles. The average Bonchev–Trinajstić information content (AvgIpc) is 2.31. The lowest BCUT2D eigenvalue weighted by atomic mass is 10.00. The van der Waals surface area contributed by atoms with Gasteiger partial charge in [-0.1, -0.05) is 0 Å². The SMILES string of the molecule is CCOC(=O)Cc1c(C(F)F)ncc(CN)c1C. The van der Waals surface area contributed by atoms with Gasteiger partial charge in [0.15, 0.2) is 0 Å². The van der Waals surface area contributed by atoms with Gasteiger partial charge >= 0.3 is 5.97 Å². The van der Waals surface area contributed by atoms with Crippen molar-refractivity contribution in [3.05, 3.63) is 28.6 Å². The zero-order chi connectivity index (χ0) is 13.7. The minimum Gasteiger partial charge on any atom is -0.466 e. The van der Waals surface area contributed by atoms with Crippen LogP contribution in [-0.4, -0.2) is 17.6 Å². The molecule has 1 aromatic rings. The number of hydrogen-bond donors (Lipinski definition) is 1. The fourth-order valence-corrected chi connectivity index (χ4v) is 1.68. The van der Waals surface area contributed by atoms with Crippen molar-refractivity contribution in [1.82, 2.24) is 4.98 Å². The van der Waals surface area contributed by atoms with Gasteiger partial charge in [0.05, 0.1) is 13.0 Å². The van der Waals surface area contributed by atoms with E-state index >= 15 is 0 Å². The van der Waals surface area contributed by atoms with Gasteiger partial charge in [-0.05, 0) is 30.5 Å². The third kappa shape index (κ3) is 3.22. The zero-order valence-corrected chi connectivity index (χ0v) is 10.4. The largest absolute Gasteiger partial charge is 0.466 e. The number of hydrogen-bond acceptors (Lipinski definition) is 4. The number of halogens is 2. The summed E-state index contributed by atoms with van der Waals surface area (Å²) < 4.78 is 30.4. The molecule has 100 valence electrons. The van der Waals surface area contributed by atoms with Gasteiger partial charge in [-0.3, -0.25) is 9.78 Å². The predicted octanol–water partition coefficient (Wildman–Crippen LogP) is 1.89. The van der Waals surface area contributed by atoms with Crippen LogP contribution >= 0.6 is 0 Å². The normalized spacial score (nSPS) is 10.8. The second-order valence-corrected chi connectivity index (χ2v) is 3.76. The summed E-state index contributed by atoms with van der Waals surface area (Å²) in [4.78, 5) is 15.1. The smallest absolute Gasteiger partial charge is 0.310 e. The number of carbonyl (C=O) groups is 1. The second-order valence-electron chi connectivity index (χ2n) is 3.76. The van der Waals surface area contributed by atoms with Crippen molar-refractivity contribution in [2.75, 3.05) is 6.61 Å². The maximum Gasteiger partial charge on any atom is 0.310 e. The lowest BCUT2D eigenvalue weighted by Gasteiger charge is -2.13. The van der Waals surface area contributed by atoms with Gasteiger partial charge in [0, 0.05) is 12.7 Å². The second kappa shape index (κ2) is 6.39. The number of nitrogens with two attached hydrogens (primary N) is 1. The van der Waals surface area contributed by atoms with Crippen LogP contribution in [-0.2, 0) is 22.5 Å². The summed E-state index contributed by atoms with van der Waals surface area (Å²) >= 11 is 0. The Morgan fingerprint density at radius 3 is 2.72 bits per heavy atom. The van der Waals surface area contributed by atoms with E-state index in [0.717, 1.165) is 0 Å². The van der Waals surface area contributed by atoms with Crippen molar-refractivity contribution in [2.24, 2.45) is 5.73 Å². The maximum atomic E-state index is 12.8. The van der Waals surface area contributed by atoms with E-state index in [1.54, 1.807) is 13.8 Å². The van der Waals surface area contributed by atoms with Crippen molar-refractivity contribution >= 4 is 5.97 Å². The Bertz CT molecular complexity index is 436. The molecule has 0 amide bonds. The quantitative estimate of drug-likeness (QED) is 0.819. The average molecular weight is 258 g/mol. The van der Waals surface area contributed by atoms with Gasteiger partial charge in [0.25, 0.3) is 6.43 Å². The summed E-state index contributed by atoms with van der Waals surface area (Å²) in [7, 11) is 0. The van der Waals surface area contributed by atoms with Crippen LogP contribution in [0.4, 0.5) is 8.78 Å². The molecule has 0 saturated heterocycles. The van der Waals surface area contributed by atoms with Gasteiger partial charge in [-0.2, -0.15) is 0 Å². The van der Waals surface area contributed by atoms with Crippen LogP contribution in [0, 0.1) is 6.92 Å². The van der Waals surface area contributed by atoms with Crippen LogP contribution in [0.3, 0.4) is 0 Å². The molecule has 0 radical (unpaired) electrons. The van der Waals surface area contributed by atoms with Crippen LogP contribution in [0.15, 0.2) is 6.20 Å². The number of esters is 1. The summed E-state index contributed by atoms with van der Waals surface area (Å²) in [5.41, 5.74) is 6.56. The number of carbonyl (C=O) groups excluding carboxylic acids is 1. The Morgan fingerprint density at radius 1 is 1.56 bits per heavy atom. The molecule has 18 heavy (non-hydrogen) atoms. The first-order chi connectivity index (χ1) is 8.51. The molecule has 0 aliphatic rings. The molecule has 0 saturated carbocycles. The van der Waals surface area contributed by atoms with E-state index < -0.39 is 12.4 Å². The van der Waals surface area contributed by atoms with Gasteiger partial charge in [-0.25, -0.2) is 8.78 Å². The highest BCUT2D eigenvalue weighted by molar-refractivity contribution is 5.73. The van der Waals surface area contributed by atoms with Crippen molar-refractivity contribution in [2.45, 2.75) is 33.2 Å². The van der Waals surface area contributed by atoms with Crippen molar-refractivity contribution < 1.29 is 18.3 Å². The molecule has 0 fully saturated rings. The van der Waals surface area contributed by atoms with Crippen LogP contribution in [0.1, 0.15) is 35.7 Å². The number of ether oxygens (including phenoxy) is 1. The minimum atomic E-state index is -2.72. The van der Waals surface area contributed by atoms with E-state index in [1.165, 1.54) is 6.20 Å². The maximum absolute atomic E-state index is 12.8. The van der Waals surface area contributed by atoms with E-state index in [4.69, 9.17) is 10.5 Å². The zero-order valence-electron chi connectivity index (χ0n) is 10.4. The number of rotatable bonds is 5. The van der Waals surface area contributed by atoms with Crippen molar-refractivity contribution in [3.8, 4) is 0 Å². The first-order valence-electron chi connectivity index (χ1n) is 5.62. The standard InChI is InChI=1S/C12H16F2N2O2/c1-3-18-10(17)4-9-7(2)8(5-15)6-16-11(9)12(13)14/h6,12H,3-5,15H2,1-2H3. The van der Waals surface area contributed by atoms with Crippen molar-refractivity contribution in [1.29, 1.82) is 0 Å². The number of pyridine rings is 1. The third-order valence-corrected chi connectivity index (χ3v) is 2.66. The molecule has 0 aliphatic carbocycles. The van der Waals surface area contributed by atoms with Crippen LogP contribution in [0.25, 0.3) is 0 Å². The van der Waals surface area contributed by atoms with E-state index in [0.29, 0.717) is 11.1 Å². The highest BCUT2D eigenvalue weighted by Crippen LogP contribution is 2.25. The molecule has 1 heterocycles. The van der Waals surface area contributed by atoms with E-state index in [1.807, 2.05) is 0 Å². The Morgan fingerprint density at radius 2 is 2.22 bits per heavy atom. The number of alkyl halides is 2. The highest BCUT2D eigenvalue weighted by Gasteiger charge is 2.20. The molecule has 1 rings (SSSR count). The van der Waals surface area contributed by atoms with Gasteiger partial charge in [-0.15, -0.1) is 0 Å². The predicted molar refractivity (Wildman–Crippen MR) is 62.2 cm³/mol. The monoisotopic (exact) mass is 258 g/mol. The Kier molecular flexibility index (Phi) is 5.15. The number of aromatic nitrogens is 1. The van der Waals surface area contributed by atoms with Crippen molar-refractivity contribution in [3.63, 3.8) is 0 Å².